The Bertz CT molecular complexity index is 520. The standard InChI is InChI=1S/C15H18F3NO2/c16-15(17,18)11-5-6-12(13(7-11)14(19)21)10-3-1-9(8-20)2-4-10/h5-7,9-10,20H,1-4,8H2,(H2,19,21)/t9-,10-. The summed E-state index contributed by atoms with van der Waals surface area (Å²) in [7, 11) is 0. The van der Waals surface area contributed by atoms with E-state index in [0.717, 1.165) is 37.8 Å². The Balaban J connectivity index is 2.29. The number of hydrogen-bond donors (Lipinski definition) is 2. The number of primary amides is 1. The first-order valence-corrected chi connectivity index (χ1v) is 6.94. The van der Waals surface area contributed by atoms with Crippen LogP contribution < -0.4 is 5.73 Å². The van der Waals surface area contributed by atoms with Gasteiger partial charge < -0.3 is 10.8 Å². The lowest BCUT2D eigenvalue weighted by Gasteiger charge is -2.28. The van der Waals surface area contributed by atoms with Crippen LogP contribution in [0.5, 0.6) is 0 Å². The van der Waals surface area contributed by atoms with Crippen molar-refractivity contribution in [3.8, 4) is 0 Å². The Kier molecular flexibility index (Phi) is 4.56. The van der Waals surface area contributed by atoms with Gasteiger partial charge in [-0.25, -0.2) is 0 Å². The lowest BCUT2D eigenvalue weighted by molar-refractivity contribution is -0.137. The average molecular weight is 301 g/mol. The SMILES string of the molecule is NC(=O)c1cc(C(F)(F)F)ccc1[C@H]1CC[C@H](CO)CC1. The molecule has 0 aromatic heterocycles. The van der Waals surface area contributed by atoms with Gasteiger partial charge in [-0.3, -0.25) is 4.79 Å². The second kappa shape index (κ2) is 6.05. The molecule has 1 aliphatic carbocycles. The lowest BCUT2D eigenvalue weighted by atomic mass is 9.77. The number of carbonyl (C=O) groups is 1. The fourth-order valence-electron chi connectivity index (χ4n) is 2.96. The smallest absolute Gasteiger partial charge is 0.396 e. The van der Waals surface area contributed by atoms with Crippen molar-refractivity contribution in [1.82, 2.24) is 0 Å². The van der Waals surface area contributed by atoms with Gasteiger partial charge in [0, 0.05) is 12.2 Å². The molecule has 3 N–H and O–H groups in total. The Morgan fingerprint density at radius 3 is 2.33 bits per heavy atom. The summed E-state index contributed by atoms with van der Waals surface area (Å²) in [6.07, 6.45) is -1.38. The van der Waals surface area contributed by atoms with Gasteiger partial charge in [0.05, 0.1) is 5.56 Å². The minimum atomic E-state index is -4.49. The summed E-state index contributed by atoms with van der Waals surface area (Å²) in [5, 5.41) is 9.12. The average Bonchev–Trinajstić information content (AvgIpc) is 2.45. The van der Waals surface area contributed by atoms with Crippen LogP contribution in [0.4, 0.5) is 13.2 Å². The van der Waals surface area contributed by atoms with Crippen LogP contribution in [-0.4, -0.2) is 17.6 Å². The van der Waals surface area contributed by atoms with Gasteiger partial charge in [0.2, 0.25) is 5.91 Å². The Morgan fingerprint density at radius 1 is 1.24 bits per heavy atom. The van der Waals surface area contributed by atoms with E-state index in [-0.39, 0.29) is 24.0 Å². The summed E-state index contributed by atoms with van der Waals surface area (Å²) in [5.41, 5.74) is 4.93. The topological polar surface area (TPSA) is 63.3 Å². The summed E-state index contributed by atoms with van der Waals surface area (Å²) in [5.74, 6) is -0.564. The van der Waals surface area contributed by atoms with Gasteiger partial charge in [-0.15, -0.1) is 0 Å². The normalized spacial score (nSPS) is 23.0. The zero-order valence-corrected chi connectivity index (χ0v) is 11.5. The largest absolute Gasteiger partial charge is 0.416 e. The first kappa shape index (κ1) is 15.8. The molecule has 0 saturated heterocycles. The fourth-order valence-corrected chi connectivity index (χ4v) is 2.96. The maximum atomic E-state index is 12.7. The van der Waals surface area contributed by atoms with E-state index >= 15 is 0 Å². The monoisotopic (exact) mass is 301 g/mol. The van der Waals surface area contributed by atoms with Crippen LogP contribution in [-0.2, 0) is 6.18 Å². The van der Waals surface area contributed by atoms with Crippen molar-refractivity contribution in [2.45, 2.75) is 37.8 Å². The van der Waals surface area contributed by atoms with Gasteiger partial charge in [-0.1, -0.05) is 6.07 Å². The molecule has 0 unspecified atom stereocenters. The van der Waals surface area contributed by atoms with Crippen molar-refractivity contribution in [1.29, 1.82) is 0 Å². The molecule has 1 aliphatic rings. The number of halogens is 3. The third-order valence-corrected chi connectivity index (χ3v) is 4.19. The molecule has 0 spiro atoms. The van der Waals surface area contributed by atoms with Gasteiger partial charge in [-0.2, -0.15) is 13.2 Å². The predicted octanol–water partition coefficient (Wildman–Crippen LogP) is 3.07. The highest BCUT2D eigenvalue weighted by atomic mass is 19.4. The maximum absolute atomic E-state index is 12.7. The van der Waals surface area contributed by atoms with Crippen LogP contribution in [0.15, 0.2) is 18.2 Å². The molecule has 1 fully saturated rings. The highest BCUT2D eigenvalue weighted by Crippen LogP contribution is 2.39. The molecular weight excluding hydrogens is 283 g/mol. The molecule has 116 valence electrons. The molecule has 1 aromatic rings. The van der Waals surface area contributed by atoms with Crippen LogP contribution in [0, 0.1) is 5.92 Å². The number of carbonyl (C=O) groups excluding carboxylic acids is 1. The Hall–Kier alpha value is -1.56. The molecule has 0 bridgehead atoms. The summed E-state index contributed by atoms with van der Waals surface area (Å²) >= 11 is 0. The van der Waals surface area contributed by atoms with Gasteiger partial charge in [0.15, 0.2) is 0 Å². The number of hydrogen-bond acceptors (Lipinski definition) is 2. The quantitative estimate of drug-likeness (QED) is 0.901. The van der Waals surface area contributed by atoms with Crippen LogP contribution in [0.3, 0.4) is 0 Å². The van der Waals surface area contributed by atoms with E-state index in [1.165, 1.54) is 6.07 Å². The molecule has 6 heteroatoms. The van der Waals surface area contributed by atoms with Crippen molar-refractivity contribution < 1.29 is 23.1 Å². The third-order valence-electron chi connectivity index (χ3n) is 4.19. The van der Waals surface area contributed by atoms with Crippen molar-refractivity contribution >= 4 is 5.91 Å². The summed E-state index contributed by atoms with van der Waals surface area (Å²) in [6, 6.07) is 3.21. The molecule has 3 nitrogen and oxygen atoms in total. The van der Waals surface area contributed by atoms with Crippen molar-refractivity contribution in [2.24, 2.45) is 11.7 Å². The predicted molar refractivity (Wildman–Crippen MR) is 71.7 cm³/mol. The molecule has 0 atom stereocenters. The Morgan fingerprint density at radius 2 is 1.86 bits per heavy atom. The van der Waals surface area contributed by atoms with Crippen molar-refractivity contribution in [2.75, 3.05) is 6.61 Å². The number of aliphatic hydroxyl groups excluding tert-OH is 1. The van der Waals surface area contributed by atoms with E-state index in [9.17, 15) is 18.0 Å². The van der Waals surface area contributed by atoms with E-state index < -0.39 is 17.6 Å². The third kappa shape index (κ3) is 3.56. The molecule has 1 aromatic carbocycles. The number of amides is 1. The number of rotatable bonds is 3. The first-order valence-electron chi connectivity index (χ1n) is 6.94. The van der Waals surface area contributed by atoms with Crippen LogP contribution in [0.1, 0.15) is 53.1 Å². The maximum Gasteiger partial charge on any atom is 0.416 e. The van der Waals surface area contributed by atoms with Crippen molar-refractivity contribution in [3.63, 3.8) is 0 Å². The number of benzene rings is 1. The van der Waals surface area contributed by atoms with Gasteiger partial charge >= 0.3 is 6.18 Å². The summed E-state index contributed by atoms with van der Waals surface area (Å²) in [4.78, 5) is 11.5. The molecule has 0 radical (unpaired) electrons. The minimum absolute atomic E-state index is 0.0255. The molecule has 0 aliphatic heterocycles. The van der Waals surface area contributed by atoms with Crippen LogP contribution in [0.25, 0.3) is 0 Å². The zero-order valence-electron chi connectivity index (χ0n) is 11.5. The van der Waals surface area contributed by atoms with Crippen molar-refractivity contribution in [3.05, 3.63) is 34.9 Å². The molecule has 21 heavy (non-hydrogen) atoms. The molecular formula is C15H18F3NO2. The minimum Gasteiger partial charge on any atom is -0.396 e. The second-order valence-electron chi connectivity index (χ2n) is 5.56. The van der Waals surface area contributed by atoms with Gasteiger partial charge in [0.1, 0.15) is 0 Å². The number of aliphatic hydroxyl groups is 1. The van der Waals surface area contributed by atoms with E-state index in [4.69, 9.17) is 10.8 Å². The second-order valence-corrected chi connectivity index (χ2v) is 5.56. The summed E-state index contributed by atoms with van der Waals surface area (Å²) < 4.78 is 38.2. The van der Waals surface area contributed by atoms with Gasteiger partial charge in [-0.05, 0) is 55.2 Å². The van der Waals surface area contributed by atoms with Gasteiger partial charge in [0.25, 0.3) is 0 Å². The van der Waals surface area contributed by atoms with E-state index in [0.29, 0.717) is 5.56 Å². The molecule has 2 rings (SSSR count). The first-order chi connectivity index (χ1) is 9.82. The number of nitrogens with two attached hydrogens (primary N) is 1. The van der Waals surface area contributed by atoms with Crippen LogP contribution in [0.2, 0.25) is 0 Å². The molecule has 1 amide bonds. The fraction of sp³-hybridized carbons (Fsp3) is 0.533. The van der Waals surface area contributed by atoms with E-state index in [1.807, 2.05) is 0 Å². The molecule has 0 heterocycles. The summed E-state index contributed by atoms with van der Waals surface area (Å²) in [6.45, 7) is 0.127. The highest BCUT2D eigenvalue weighted by Gasteiger charge is 2.33. The molecule has 1 saturated carbocycles. The Labute approximate surface area is 121 Å². The van der Waals surface area contributed by atoms with Crippen LogP contribution >= 0.6 is 0 Å². The van der Waals surface area contributed by atoms with E-state index in [1.54, 1.807) is 0 Å². The number of alkyl halides is 3. The van der Waals surface area contributed by atoms with E-state index in [2.05, 4.69) is 0 Å². The highest BCUT2D eigenvalue weighted by molar-refractivity contribution is 5.94. The zero-order chi connectivity index (χ0) is 15.6. The lowest BCUT2D eigenvalue weighted by Crippen LogP contribution is -2.21.